The fourth-order valence-corrected chi connectivity index (χ4v) is 1.72. The van der Waals surface area contributed by atoms with Crippen molar-refractivity contribution in [2.75, 3.05) is 0 Å². The van der Waals surface area contributed by atoms with Crippen LogP contribution in [0.5, 0.6) is 0 Å². The summed E-state index contributed by atoms with van der Waals surface area (Å²) in [6.45, 7) is 3.90. The molecule has 0 aliphatic carbocycles. The van der Waals surface area contributed by atoms with Gasteiger partial charge in [-0.1, -0.05) is 18.2 Å². The zero-order valence-corrected chi connectivity index (χ0v) is 8.81. The normalized spacial score (nSPS) is 16.2. The van der Waals surface area contributed by atoms with Gasteiger partial charge in [0.2, 0.25) is 0 Å². The third-order valence-corrected chi connectivity index (χ3v) is 2.52. The van der Waals surface area contributed by atoms with Crippen LogP contribution in [0.4, 0.5) is 13.2 Å². The average molecular weight is 218 g/mol. The van der Waals surface area contributed by atoms with E-state index in [1.807, 2.05) is 0 Å². The van der Waals surface area contributed by atoms with Crippen LogP contribution in [0.3, 0.4) is 0 Å². The molecule has 0 bridgehead atoms. The van der Waals surface area contributed by atoms with Gasteiger partial charge in [-0.15, -0.1) is 0 Å². The second-order valence-electron chi connectivity index (χ2n) is 3.84. The molecule has 0 heterocycles. The Morgan fingerprint density at radius 1 is 1.07 bits per heavy atom. The summed E-state index contributed by atoms with van der Waals surface area (Å²) in [4.78, 5) is 0. The van der Waals surface area contributed by atoms with Gasteiger partial charge in [-0.3, -0.25) is 0 Å². The van der Waals surface area contributed by atoms with Crippen molar-refractivity contribution >= 4 is 0 Å². The summed E-state index contributed by atoms with van der Waals surface area (Å²) in [7, 11) is 0. The Labute approximate surface area is 86.5 Å². The molecule has 0 aliphatic rings. The summed E-state index contributed by atoms with van der Waals surface area (Å²) in [6, 6.07) is 4.78. The summed E-state index contributed by atoms with van der Waals surface area (Å²) < 4.78 is 37.9. The minimum Gasteiger partial charge on any atom is -0.376 e. The molecule has 1 nitrogen and oxygen atoms in total. The number of rotatable bonds is 1. The van der Waals surface area contributed by atoms with Crippen molar-refractivity contribution in [2.45, 2.75) is 32.5 Å². The zero-order valence-electron chi connectivity index (χ0n) is 8.81. The lowest BCUT2D eigenvalue weighted by molar-refractivity contribution is -0.259. The smallest absolute Gasteiger partial charge is 0.376 e. The second kappa shape index (κ2) is 3.52. The van der Waals surface area contributed by atoms with Gasteiger partial charge in [0.25, 0.3) is 0 Å². The molecule has 1 N–H and O–H groups in total. The predicted molar refractivity (Wildman–Crippen MR) is 51.5 cm³/mol. The molecule has 1 aromatic rings. The molecular formula is C11H13F3O. The fraction of sp³-hybridized carbons (Fsp3) is 0.455. The lowest BCUT2D eigenvalue weighted by atomic mass is 9.88. The van der Waals surface area contributed by atoms with E-state index in [1.54, 1.807) is 32.0 Å². The van der Waals surface area contributed by atoms with Crippen LogP contribution < -0.4 is 0 Å². The van der Waals surface area contributed by atoms with Gasteiger partial charge in [0.05, 0.1) is 0 Å². The van der Waals surface area contributed by atoms with Gasteiger partial charge in [-0.2, -0.15) is 13.2 Å². The van der Waals surface area contributed by atoms with E-state index in [1.165, 1.54) is 0 Å². The maximum atomic E-state index is 12.6. The average Bonchev–Trinajstić information content (AvgIpc) is 2.00. The molecule has 1 unspecified atom stereocenters. The van der Waals surface area contributed by atoms with Crippen LogP contribution in [-0.4, -0.2) is 11.3 Å². The zero-order chi connectivity index (χ0) is 11.9. The number of hydrogen-bond acceptors (Lipinski definition) is 1. The van der Waals surface area contributed by atoms with E-state index < -0.39 is 11.8 Å². The maximum absolute atomic E-state index is 12.6. The van der Waals surface area contributed by atoms with Crippen molar-refractivity contribution in [2.24, 2.45) is 0 Å². The molecular weight excluding hydrogens is 205 g/mol. The second-order valence-corrected chi connectivity index (χ2v) is 3.84. The first kappa shape index (κ1) is 12.0. The van der Waals surface area contributed by atoms with E-state index in [2.05, 4.69) is 0 Å². The standard InChI is InChI=1S/C11H13F3O/c1-7-5-4-6-8(2)9(7)10(3,15)11(12,13)14/h4-6,15H,1-3H3. The van der Waals surface area contributed by atoms with Crippen LogP contribution in [0.1, 0.15) is 23.6 Å². The molecule has 0 amide bonds. The van der Waals surface area contributed by atoms with E-state index in [-0.39, 0.29) is 5.56 Å². The summed E-state index contributed by atoms with van der Waals surface area (Å²) >= 11 is 0. The number of alkyl halides is 3. The molecule has 4 heteroatoms. The summed E-state index contributed by atoms with van der Waals surface area (Å²) in [6.07, 6.45) is -4.66. The van der Waals surface area contributed by atoms with Crippen LogP contribution in [0.15, 0.2) is 18.2 Å². The van der Waals surface area contributed by atoms with Crippen LogP contribution in [-0.2, 0) is 5.60 Å². The minimum atomic E-state index is -4.66. The van der Waals surface area contributed by atoms with Crippen molar-refractivity contribution in [3.8, 4) is 0 Å². The van der Waals surface area contributed by atoms with Crippen LogP contribution >= 0.6 is 0 Å². The van der Waals surface area contributed by atoms with E-state index in [0.29, 0.717) is 11.1 Å². The van der Waals surface area contributed by atoms with Gasteiger partial charge in [-0.05, 0) is 37.5 Å². The summed E-state index contributed by atoms with van der Waals surface area (Å²) in [5, 5.41) is 9.56. The number of hydrogen-bond donors (Lipinski definition) is 1. The monoisotopic (exact) mass is 218 g/mol. The highest BCUT2D eigenvalue weighted by Crippen LogP contribution is 2.40. The fourth-order valence-electron chi connectivity index (χ4n) is 1.72. The first-order valence-electron chi connectivity index (χ1n) is 4.53. The molecule has 0 radical (unpaired) electrons. The van der Waals surface area contributed by atoms with E-state index in [9.17, 15) is 18.3 Å². The van der Waals surface area contributed by atoms with Crippen LogP contribution in [0.25, 0.3) is 0 Å². The minimum absolute atomic E-state index is 0.0579. The first-order valence-corrected chi connectivity index (χ1v) is 4.53. The van der Waals surface area contributed by atoms with E-state index >= 15 is 0 Å². The lowest BCUT2D eigenvalue weighted by Crippen LogP contribution is -2.40. The number of halogens is 3. The highest BCUT2D eigenvalue weighted by atomic mass is 19.4. The first-order chi connectivity index (χ1) is 6.68. The predicted octanol–water partition coefficient (Wildman–Crippen LogP) is 3.07. The SMILES string of the molecule is Cc1cccc(C)c1C(C)(O)C(F)(F)F. The Bertz CT molecular complexity index is 346. The van der Waals surface area contributed by atoms with Crippen molar-refractivity contribution in [3.05, 3.63) is 34.9 Å². The molecule has 84 valence electrons. The molecule has 1 aromatic carbocycles. The molecule has 0 fully saturated rings. The molecule has 0 saturated heterocycles. The topological polar surface area (TPSA) is 20.2 Å². The van der Waals surface area contributed by atoms with Crippen molar-refractivity contribution in [3.63, 3.8) is 0 Å². The Kier molecular flexibility index (Phi) is 2.83. The number of aryl methyl sites for hydroxylation is 2. The Morgan fingerprint density at radius 2 is 1.47 bits per heavy atom. The quantitative estimate of drug-likeness (QED) is 0.768. The number of aliphatic hydroxyl groups is 1. The summed E-state index contributed by atoms with van der Waals surface area (Å²) in [5.41, 5.74) is -1.96. The highest BCUT2D eigenvalue weighted by molar-refractivity contribution is 5.38. The third kappa shape index (κ3) is 2.00. The molecule has 0 aliphatic heterocycles. The van der Waals surface area contributed by atoms with Gasteiger partial charge in [-0.25, -0.2) is 0 Å². The number of benzene rings is 1. The Balaban J connectivity index is 3.39. The van der Waals surface area contributed by atoms with Gasteiger partial charge in [0.15, 0.2) is 5.60 Å². The van der Waals surface area contributed by atoms with Gasteiger partial charge < -0.3 is 5.11 Å². The molecule has 0 saturated carbocycles. The lowest BCUT2D eigenvalue weighted by Gasteiger charge is -2.29. The van der Waals surface area contributed by atoms with E-state index in [4.69, 9.17) is 0 Å². The largest absolute Gasteiger partial charge is 0.421 e. The summed E-state index contributed by atoms with van der Waals surface area (Å²) in [5.74, 6) is 0. The van der Waals surface area contributed by atoms with E-state index in [0.717, 1.165) is 6.92 Å². The van der Waals surface area contributed by atoms with Crippen molar-refractivity contribution < 1.29 is 18.3 Å². The molecule has 15 heavy (non-hydrogen) atoms. The molecule has 1 atom stereocenters. The highest BCUT2D eigenvalue weighted by Gasteiger charge is 2.52. The maximum Gasteiger partial charge on any atom is 0.421 e. The van der Waals surface area contributed by atoms with Gasteiger partial charge in [0, 0.05) is 0 Å². The third-order valence-electron chi connectivity index (χ3n) is 2.52. The van der Waals surface area contributed by atoms with Crippen LogP contribution in [0.2, 0.25) is 0 Å². The molecule has 0 aromatic heterocycles. The van der Waals surface area contributed by atoms with Gasteiger partial charge in [0.1, 0.15) is 0 Å². The molecule has 0 spiro atoms. The Hall–Kier alpha value is -1.03. The molecule has 1 rings (SSSR count). The Morgan fingerprint density at radius 3 is 1.80 bits per heavy atom. The van der Waals surface area contributed by atoms with Crippen molar-refractivity contribution in [1.29, 1.82) is 0 Å². The van der Waals surface area contributed by atoms with Gasteiger partial charge >= 0.3 is 6.18 Å². The van der Waals surface area contributed by atoms with Crippen LogP contribution in [0, 0.1) is 13.8 Å². The van der Waals surface area contributed by atoms with Crippen molar-refractivity contribution in [1.82, 2.24) is 0 Å².